The molecule has 0 unspecified atom stereocenters. The second-order valence-corrected chi connectivity index (χ2v) is 7.26. The number of nitrogens with zero attached hydrogens (tertiary/aromatic N) is 1. The molecule has 4 fully saturated rings. The minimum absolute atomic E-state index is 0.0190. The maximum Gasteiger partial charge on any atom is 0.274 e. The summed E-state index contributed by atoms with van der Waals surface area (Å²) in [6, 6.07) is 0. The van der Waals surface area contributed by atoms with Crippen molar-refractivity contribution in [2.24, 2.45) is 17.8 Å². The Labute approximate surface area is 118 Å². The van der Waals surface area contributed by atoms with Crippen LogP contribution >= 0.6 is 0 Å². The molecule has 0 aromatic carbocycles. The number of hydrogen-bond donors (Lipinski definition) is 3. The monoisotopic (exact) mass is 274 g/mol. The predicted octanol–water partition coefficient (Wildman–Crippen LogP) is 2.00. The molecule has 4 aliphatic rings. The normalized spacial score (nSPS) is 38.1. The van der Waals surface area contributed by atoms with Crippen LogP contribution in [0.3, 0.4) is 0 Å². The van der Waals surface area contributed by atoms with Gasteiger partial charge in [0.15, 0.2) is 5.69 Å². The number of nitrogens with two attached hydrogens (primary N) is 1. The molecule has 0 spiro atoms. The summed E-state index contributed by atoms with van der Waals surface area (Å²) in [5, 5.41) is 10.1. The van der Waals surface area contributed by atoms with Crippen LogP contribution in [0.4, 0.5) is 5.69 Å². The van der Waals surface area contributed by atoms with Crippen molar-refractivity contribution in [2.45, 2.75) is 51.0 Å². The number of nitrogen functional groups attached to an aromatic ring is 1. The summed E-state index contributed by atoms with van der Waals surface area (Å²) in [6.07, 6.45) is 7.56. The summed E-state index contributed by atoms with van der Waals surface area (Å²) >= 11 is 0. The molecule has 1 aromatic heterocycles. The van der Waals surface area contributed by atoms with E-state index in [2.05, 4.69) is 15.5 Å². The van der Waals surface area contributed by atoms with Gasteiger partial charge in [0.25, 0.3) is 5.91 Å². The highest BCUT2D eigenvalue weighted by molar-refractivity contribution is 5.98. The highest BCUT2D eigenvalue weighted by atomic mass is 16.2. The molecule has 4 aliphatic carbocycles. The Kier molecular flexibility index (Phi) is 2.44. The Hall–Kier alpha value is -1.52. The third kappa shape index (κ3) is 1.75. The Morgan fingerprint density at radius 3 is 2.25 bits per heavy atom. The van der Waals surface area contributed by atoms with E-state index in [1.54, 1.807) is 0 Å². The average molecular weight is 274 g/mol. The molecule has 5 rings (SSSR count). The fraction of sp³-hybridized carbons (Fsp3) is 0.733. The predicted molar refractivity (Wildman–Crippen MR) is 76.1 cm³/mol. The molecule has 1 aromatic rings. The highest BCUT2D eigenvalue weighted by Gasteiger charge is 2.51. The first-order chi connectivity index (χ1) is 9.55. The van der Waals surface area contributed by atoms with Crippen molar-refractivity contribution in [2.75, 3.05) is 5.73 Å². The Bertz CT molecular complexity index is 527. The number of carbonyl (C=O) groups excluding carboxylic acids is 1. The largest absolute Gasteiger partial charge is 0.395 e. The van der Waals surface area contributed by atoms with Crippen molar-refractivity contribution in [1.82, 2.24) is 15.5 Å². The summed E-state index contributed by atoms with van der Waals surface area (Å²) in [5.74, 6) is 2.35. The smallest absolute Gasteiger partial charge is 0.274 e. The van der Waals surface area contributed by atoms with E-state index in [1.165, 1.54) is 19.3 Å². The van der Waals surface area contributed by atoms with Crippen LogP contribution in [-0.4, -0.2) is 21.6 Å². The number of amides is 1. The third-order valence-corrected chi connectivity index (χ3v) is 5.63. The van der Waals surface area contributed by atoms with Gasteiger partial charge in [0, 0.05) is 5.54 Å². The maximum absolute atomic E-state index is 12.5. The molecular formula is C15H22N4O. The number of aromatic amines is 1. The lowest BCUT2D eigenvalue weighted by molar-refractivity contribution is -0.0167. The van der Waals surface area contributed by atoms with Crippen molar-refractivity contribution in [3.8, 4) is 0 Å². The number of rotatable bonds is 2. The highest BCUT2D eigenvalue weighted by Crippen LogP contribution is 2.55. The zero-order valence-electron chi connectivity index (χ0n) is 11.9. The molecule has 0 atom stereocenters. The molecule has 0 radical (unpaired) electrons. The van der Waals surface area contributed by atoms with Crippen LogP contribution in [-0.2, 0) is 0 Å². The molecule has 0 saturated heterocycles. The number of carbonyl (C=O) groups is 1. The number of aromatic nitrogens is 2. The number of aryl methyl sites for hydroxylation is 1. The van der Waals surface area contributed by atoms with Crippen molar-refractivity contribution in [3.63, 3.8) is 0 Å². The lowest BCUT2D eigenvalue weighted by atomic mass is 9.53. The van der Waals surface area contributed by atoms with Gasteiger partial charge in [-0.15, -0.1) is 0 Å². The lowest BCUT2D eigenvalue weighted by Gasteiger charge is -2.56. The van der Waals surface area contributed by atoms with Gasteiger partial charge < -0.3 is 11.1 Å². The Balaban J connectivity index is 1.57. The average Bonchev–Trinajstić information content (AvgIpc) is 2.67. The standard InChI is InChI=1S/C15H22N4O/c1-8-12(16)13(19-18-8)14(20)17-15-5-9-2-10(6-15)4-11(3-9)7-15/h9-11H,2-7,16H2,1H3,(H,17,20)(H,18,19). The molecule has 5 heteroatoms. The van der Waals surface area contributed by atoms with Crippen LogP contribution in [0.2, 0.25) is 0 Å². The van der Waals surface area contributed by atoms with E-state index in [9.17, 15) is 4.79 Å². The number of hydrogen-bond acceptors (Lipinski definition) is 3. The summed E-state index contributed by atoms with van der Waals surface area (Å²) in [6.45, 7) is 1.84. The first-order valence-electron chi connectivity index (χ1n) is 7.67. The molecule has 5 nitrogen and oxygen atoms in total. The summed E-state index contributed by atoms with van der Waals surface area (Å²) < 4.78 is 0. The molecule has 4 saturated carbocycles. The molecule has 4 bridgehead atoms. The van der Waals surface area contributed by atoms with Crippen LogP contribution in [0.1, 0.15) is 54.7 Å². The van der Waals surface area contributed by atoms with E-state index in [0.29, 0.717) is 11.4 Å². The molecule has 20 heavy (non-hydrogen) atoms. The minimum atomic E-state index is -0.103. The SMILES string of the molecule is Cc1[nH]nc(C(=O)NC23CC4CC(CC(C4)C2)C3)c1N. The summed E-state index contributed by atoms with van der Waals surface area (Å²) in [5.41, 5.74) is 7.54. The van der Waals surface area contributed by atoms with E-state index in [1.807, 2.05) is 6.92 Å². The van der Waals surface area contributed by atoms with Crippen LogP contribution < -0.4 is 11.1 Å². The van der Waals surface area contributed by atoms with E-state index < -0.39 is 0 Å². The van der Waals surface area contributed by atoms with Crippen LogP contribution in [0.25, 0.3) is 0 Å². The number of nitrogens with one attached hydrogen (secondary N) is 2. The Morgan fingerprint density at radius 1 is 1.25 bits per heavy atom. The van der Waals surface area contributed by atoms with E-state index >= 15 is 0 Å². The van der Waals surface area contributed by atoms with Gasteiger partial charge in [-0.3, -0.25) is 9.89 Å². The van der Waals surface area contributed by atoms with E-state index in [-0.39, 0.29) is 11.4 Å². The molecule has 1 heterocycles. The van der Waals surface area contributed by atoms with Gasteiger partial charge in [0.2, 0.25) is 0 Å². The van der Waals surface area contributed by atoms with Gasteiger partial charge in [0.05, 0.1) is 11.4 Å². The fourth-order valence-corrected chi connectivity index (χ4v) is 5.17. The van der Waals surface area contributed by atoms with Gasteiger partial charge in [0.1, 0.15) is 0 Å². The van der Waals surface area contributed by atoms with Gasteiger partial charge in [-0.2, -0.15) is 5.10 Å². The van der Waals surface area contributed by atoms with Crippen molar-refractivity contribution in [1.29, 1.82) is 0 Å². The van der Waals surface area contributed by atoms with Gasteiger partial charge >= 0.3 is 0 Å². The van der Waals surface area contributed by atoms with Crippen molar-refractivity contribution < 1.29 is 4.79 Å². The first kappa shape index (κ1) is 12.2. The van der Waals surface area contributed by atoms with E-state index in [0.717, 1.165) is 42.7 Å². The zero-order chi connectivity index (χ0) is 13.9. The summed E-state index contributed by atoms with van der Waals surface area (Å²) in [7, 11) is 0. The van der Waals surface area contributed by atoms with Gasteiger partial charge in [-0.05, 0) is 63.2 Å². The minimum Gasteiger partial charge on any atom is -0.395 e. The van der Waals surface area contributed by atoms with Crippen LogP contribution in [0.5, 0.6) is 0 Å². The van der Waals surface area contributed by atoms with Gasteiger partial charge in [-0.1, -0.05) is 0 Å². The summed E-state index contributed by atoms with van der Waals surface area (Å²) in [4.78, 5) is 12.5. The van der Waals surface area contributed by atoms with Crippen molar-refractivity contribution >= 4 is 11.6 Å². The number of anilines is 1. The topological polar surface area (TPSA) is 83.8 Å². The van der Waals surface area contributed by atoms with Crippen LogP contribution in [0, 0.1) is 24.7 Å². The van der Waals surface area contributed by atoms with E-state index in [4.69, 9.17) is 5.73 Å². The van der Waals surface area contributed by atoms with Crippen LogP contribution in [0.15, 0.2) is 0 Å². The molecule has 1 amide bonds. The Morgan fingerprint density at radius 2 is 1.80 bits per heavy atom. The molecule has 108 valence electrons. The third-order valence-electron chi connectivity index (χ3n) is 5.63. The zero-order valence-corrected chi connectivity index (χ0v) is 11.9. The lowest BCUT2D eigenvalue weighted by Crippen LogP contribution is -2.59. The second kappa shape index (κ2) is 3.99. The molecule has 0 aliphatic heterocycles. The second-order valence-electron chi connectivity index (χ2n) is 7.26. The van der Waals surface area contributed by atoms with Crippen molar-refractivity contribution in [3.05, 3.63) is 11.4 Å². The first-order valence-corrected chi connectivity index (χ1v) is 7.67. The quantitative estimate of drug-likeness (QED) is 0.771. The maximum atomic E-state index is 12.5. The number of H-pyrrole nitrogens is 1. The fourth-order valence-electron chi connectivity index (χ4n) is 5.17. The molecule has 4 N–H and O–H groups in total. The molecular weight excluding hydrogens is 252 g/mol. The van der Waals surface area contributed by atoms with Gasteiger partial charge in [-0.25, -0.2) is 0 Å².